The predicted molar refractivity (Wildman–Crippen MR) is 74.1 cm³/mol. The number of hydrazine groups is 1. The number of carbonyl (C=O) groups excluding carboxylic acids is 1. The van der Waals surface area contributed by atoms with Gasteiger partial charge in [0.15, 0.2) is 5.82 Å². The minimum Gasteiger partial charge on any atom is -0.351 e. The summed E-state index contributed by atoms with van der Waals surface area (Å²) in [6.45, 7) is 4.08. The zero-order chi connectivity index (χ0) is 14.5. The zero-order valence-corrected chi connectivity index (χ0v) is 11.4. The molecule has 2 aromatic rings. The topological polar surface area (TPSA) is 106 Å². The molecule has 0 atom stereocenters. The van der Waals surface area contributed by atoms with Gasteiger partial charge in [-0.1, -0.05) is 16.8 Å². The second-order valence-electron chi connectivity index (χ2n) is 4.43. The van der Waals surface area contributed by atoms with E-state index in [9.17, 15) is 4.79 Å². The summed E-state index contributed by atoms with van der Waals surface area (Å²) >= 11 is 0. The summed E-state index contributed by atoms with van der Waals surface area (Å²) in [5.74, 6) is 6.29. The van der Waals surface area contributed by atoms with Gasteiger partial charge in [0.1, 0.15) is 0 Å². The average Bonchev–Trinajstić information content (AvgIpc) is 2.84. The van der Waals surface area contributed by atoms with Gasteiger partial charge in [0.05, 0.1) is 11.3 Å². The van der Waals surface area contributed by atoms with E-state index in [2.05, 4.69) is 20.9 Å². The van der Waals surface area contributed by atoms with Crippen LogP contribution in [-0.2, 0) is 6.42 Å². The number of aromatic nitrogens is 2. The molecule has 7 heteroatoms. The van der Waals surface area contributed by atoms with Crippen LogP contribution in [0.3, 0.4) is 0 Å². The van der Waals surface area contributed by atoms with Crippen molar-refractivity contribution in [2.75, 3.05) is 12.0 Å². The molecular formula is C13H17N5O2. The van der Waals surface area contributed by atoms with Crippen LogP contribution in [-0.4, -0.2) is 22.6 Å². The monoisotopic (exact) mass is 275 g/mol. The van der Waals surface area contributed by atoms with Crippen LogP contribution in [0.4, 0.5) is 5.69 Å². The molecule has 0 unspecified atom stereocenters. The quantitative estimate of drug-likeness (QED) is 0.554. The van der Waals surface area contributed by atoms with Crippen LogP contribution in [0.1, 0.15) is 27.6 Å². The lowest BCUT2D eigenvalue weighted by Gasteiger charge is -2.10. The first-order chi connectivity index (χ1) is 9.60. The molecule has 0 bridgehead atoms. The normalized spacial score (nSPS) is 10.3. The third kappa shape index (κ3) is 3.33. The van der Waals surface area contributed by atoms with E-state index < -0.39 is 0 Å². The second kappa shape index (κ2) is 6.16. The SMILES string of the molecule is Cc1ccc(NN)c(C(=O)NCCc2nc(C)no2)c1. The summed E-state index contributed by atoms with van der Waals surface area (Å²) in [5, 5.41) is 6.48. The number of benzene rings is 1. The number of nitrogens with one attached hydrogen (secondary N) is 2. The molecule has 4 N–H and O–H groups in total. The Morgan fingerprint density at radius 3 is 2.85 bits per heavy atom. The first-order valence-corrected chi connectivity index (χ1v) is 6.25. The molecular weight excluding hydrogens is 258 g/mol. The van der Waals surface area contributed by atoms with E-state index in [-0.39, 0.29) is 5.91 Å². The number of anilines is 1. The molecule has 7 nitrogen and oxygen atoms in total. The van der Waals surface area contributed by atoms with Crippen LogP contribution in [0.5, 0.6) is 0 Å². The Balaban J connectivity index is 1.96. The van der Waals surface area contributed by atoms with Crippen molar-refractivity contribution in [2.24, 2.45) is 5.84 Å². The van der Waals surface area contributed by atoms with E-state index in [0.717, 1.165) is 5.56 Å². The fraction of sp³-hybridized carbons (Fsp3) is 0.308. The van der Waals surface area contributed by atoms with E-state index in [1.165, 1.54) is 0 Å². The molecule has 2 rings (SSSR count). The summed E-state index contributed by atoms with van der Waals surface area (Å²) in [6, 6.07) is 5.43. The number of nitrogen functional groups attached to an aromatic ring is 1. The molecule has 20 heavy (non-hydrogen) atoms. The number of hydrogen-bond donors (Lipinski definition) is 3. The Hall–Kier alpha value is -2.41. The minimum absolute atomic E-state index is 0.196. The molecule has 106 valence electrons. The highest BCUT2D eigenvalue weighted by Crippen LogP contribution is 2.16. The van der Waals surface area contributed by atoms with Crippen LogP contribution in [0.25, 0.3) is 0 Å². The average molecular weight is 275 g/mol. The summed E-state index contributed by atoms with van der Waals surface area (Å²) in [7, 11) is 0. The molecule has 0 radical (unpaired) electrons. The van der Waals surface area contributed by atoms with Crippen molar-refractivity contribution in [2.45, 2.75) is 20.3 Å². The Morgan fingerprint density at radius 1 is 1.40 bits per heavy atom. The van der Waals surface area contributed by atoms with Gasteiger partial charge in [0.2, 0.25) is 5.89 Å². The molecule has 1 amide bonds. The van der Waals surface area contributed by atoms with E-state index in [0.29, 0.717) is 35.9 Å². The number of aryl methyl sites for hydroxylation is 2. The Morgan fingerprint density at radius 2 is 2.20 bits per heavy atom. The number of hydrogen-bond acceptors (Lipinski definition) is 6. The summed E-state index contributed by atoms with van der Waals surface area (Å²) in [6.07, 6.45) is 0.490. The Labute approximate surface area is 116 Å². The van der Waals surface area contributed by atoms with Crippen molar-refractivity contribution in [3.8, 4) is 0 Å². The Kier molecular flexibility index (Phi) is 4.31. The molecule has 1 heterocycles. The van der Waals surface area contributed by atoms with E-state index in [1.807, 2.05) is 13.0 Å². The summed E-state index contributed by atoms with van der Waals surface area (Å²) < 4.78 is 4.97. The van der Waals surface area contributed by atoms with Crippen molar-refractivity contribution < 1.29 is 9.32 Å². The van der Waals surface area contributed by atoms with Crippen LogP contribution < -0.4 is 16.6 Å². The van der Waals surface area contributed by atoms with Crippen LogP contribution >= 0.6 is 0 Å². The maximum atomic E-state index is 12.1. The third-order valence-electron chi connectivity index (χ3n) is 2.77. The standard InChI is InChI=1S/C13H17N5O2/c1-8-3-4-11(17-14)10(7-8)13(19)15-6-5-12-16-9(2)18-20-12/h3-4,7,17H,5-6,14H2,1-2H3,(H,15,19). The van der Waals surface area contributed by atoms with Gasteiger partial charge in [-0.05, 0) is 26.0 Å². The van der Waals surface area contributed by atoms with E-state index in [1.54, 1.807) is 19.1 Å². The zero-order valence-electron chi connectivity index (χ0n) is 11.4. The van der Waals surface area contributed by atoms with Crippen LogP contribution in [0.2, 0.25) is 0 Å². The fourth-order valence-electron chi connectivity index (χ4n) is 1.79. The molecule has 0 saturated heterocycles. The number of rotatable bonds is 5. The molecule has 1 aromatic heterocycles. The maximum Gasteiger partial charge on any atom is 0.253 e. The molecule has 0 aliphatic rings. The highest BCUT2D eigenvalue weighted by Gasteiger charge is 2.11. The smallest absolute Gasteiger partial charge is 0.253 e. The van der Waals surface area contributed by atoms with Crippen LogP contribution in [0, 0.1) is 13.8 Å². The minimum atomic E-state index is -0.196. The Bertz CT molecular complexity index is 609. The molecule has 0 saturated carbocycles. The molecule has 0 aliphatic carbocycles. The van der Waals surface area contributed by atoms with Gasteiger partial charge in [-0.2, -0.15) is 4.98 Å². The lowest BCUT2D eigenvalue weighted by Crippen LogP contribution is -2.27. The van der Waals surface area contributed by atoms with Gasteiger partial charge < -0.3 is 15.3 Å². The van der Waals surface area contributed by atoms with Crippen LogP contribution in [0.15, 0.2) is 22.7 Å². The largest absolute Gasteiger partial charge is 0.351 e. The first-order valence-electron chi connectivity index (χ1n) is 6.25. The molecule has 0 aliphatic heterocycles. The van der Waals surface area contributed by atoms with Gasteiger partial charge in [-0.15, -0.1) is 0 Å². The number of carbonyl (C=O) groups is 1. The predicted octanol–water partition coefficient (Wildman–Crippen LogP) is 0.945. The van der Waals surface area contributed by atoms with E-state index in [4.69, 9.17) is 10.4 Å². The molecule has 0 spiro atoms. The van der Waals surface area contributed by atoms with Crippen molar-refractivity contribution in [1.82, 2.24) is 15.5 Å². The summed E-state index contributed by atoms with van der Waals surface area (Å²) in [5.41, 5.74) is 4.59. The van der Waals surface area contributed by atoms with Crippen molar-refractivity contribution in [3.63, 3.8) is 0 Å². The lowest BCUT2D eigenvalue weighted by atomic mass is 10.1. The van der Waals surface area contributed by atoms with Gasteiger partial charge in [0.25, 0.3) is 5.91 Å². The van der Waals surface area contributed by atoms with Crippen molar-refractivity contribution in [1.29, 1.82) is 0 Å². The number of nitrogens with two attached hydrogens (primary N) is 1. The highest BCUT2D eigenvalue weighted by atomic mass is 16.5. The lowest BCUT2D eigenvalue weighted by molar-refractivity contribution is 0.0954. The van der Waals surface area contributed by atoms with Gasteiger partial charge in [-0.25, -0.2) is 0 Å². The molecule has 1 aromatic carbocycles. The number of nitrogens with zero attached hydrogens (tertiary/aromatic N) is 2. The van der Waals surface area contributed by atoms with Crippen molar-refractivity contribution in [3.05, 3.63) is 41.0 Å². The number of amides is 1. The maximum absolute atomic E-state index is 12.1. The summed E-state index contributed by atoms with van der Waals surface area (Å²) in [4.78, 5) is 16.2. The third-order valence-corrected chi connectivity index (χ3v) is 2.77. The fourth-order valence-corrected chi connectivity index (χ4v) is 1.79. The molecule has 0 fully saturated rings. The highest BCUT2D eigenvalue weighted by molar-refractivity contribution is 5.99. The van der Waals surface area contributed by atoms with Gasteiger partial charge >= 0.3 is 0 Å². The second-order valence-corrected chi connectivity index (χ2v) is 4.43. The van der Waals surface area contributed by atoms with Crippen molar-refractivity contribution >= 4 is 11.6 Å². The van der Waals surface area contributed by atoms with Gasteiger partial charge in [-0.3, -0.25) is 10.6 Å². The first kappa shape index (κ1) is 14.0. The van der Waals surface area contributed by atoms with E-state index >= 15 is 0 Å². The van der Waals surface area contributed by atoms with Gasteiger partial charge in [0, 0.05) is 13.0 Å².